The lowest BCUT2D eigenvalue weighted by Gasteiger charge is -2.22. The summed E-state index contributed by atoms with van der Waals surface area (Å²) in [6, 6.07) is 0. The first-order valence-corrected chi connectivity index (χ1v) is 5.44. The van der Waals surface area contributed by atoms with E-state index in [-0.39, 0.29) is 11.4 Å². The number of aromatic nitrogens is 2. The molecule has 1 aromatic rings. The Kier molecular flexibility index (Phi) is 3.86. The fourth-order valence-electron chi connectivity index (χ4n) is 1.42. The van der Waals surface area contributed by atoms with Crippen LogP contribution >= 0.6 is 0 Å². The van der Waals surface area contributed by atoms with Gasteiger partial charge in [-0.1, -0.05) is 0 Å². The van der Waals surface area contributed by atoms with E-state index in [1.54, 1.807) is 18.0 Å². The highest BCUT2D eigenvalue weighted by molar-refractivity contribution is 5.96. The Balaban J connectivity index is 2.64. The Hall–Kier alpha value is -1.16. The molecule has 1 heterocycles. The van der Waals surface area contributed by atoms with E-state index in [1.165, 1.54) is 0 Å². The van der Waals surface area contributed by atoms with E-state index in [1.807, 2.05) is 27.8 Å². The molecule has 4 nitrogen and oxygen atoms in total. The lowest BCUT2D eigenvalue weighted by atomic mass is 9.98. The molecule has 90 valence electrons. The summed E-state index contributed by atoms with van der Waals surface area (Å²) in [4.78, 5) is 11.9. The summed E-state index contributed by atoms with van der Waals surface area (Å²) in [7, 11) is 3.50. The van der Waals surface area contributed by atoms with Crippen molar-refractivity contribution in [3.63, 3.8) is 0 Å². The number of ketones is 1. The number of nitrogens with zero attached hydrogens (tertiary/aromatic N) is 2. The molecule has 0 unspecified atom stereocenters. The number of methoxy groups -OCH3 is 1. The Bertz CT molecular complexity index is 380. The van der Waals surface area contributed by atoms with E-state index in [0.29, 0.717) is 6.42 Å². The van der Waals surface area contributed by atoms with E-state index >= 15 is 0 Å². The van der Waals surface area contributed by atoms with Gasteiger partial charge in [0, 0.05) is 26.3 Å². The smallest absolute Gasteiger partial charge is 0.166 e. The average Bonchev–Trinajstić information content (AvgIpc) is 2.57. The molecular formula is C12H20N2O2. The lowest BCUT2D eigenvalue weighted by molar-refractivity contribution is 0.0141. The minimum Gasteiger partial charge on any atom is -0.379 e. The van der Waals surface area contributed by atoms with E-state index in [4.69, 9.17) is 4.74 Å². The predicted octanol–water partition coefficient (Wildman–Crippen LogP) is 2.12. The maximum absolute atomic E-state index is 11.9. The van der Waals surface area contributed by atoms with Crippen LogP contribution in [0.2, 0.25) is 0 Å². The van der Waals surface area contributed by atoms with Crippen LogP contribution in [0.25, 0.3) is 0 Å². The molecule has 0 amide bonds. The van der Waals surface area contributed by atoms with Gasteiger partial charge in [-0.3, -0.25) is 9.48 Å². The summed E-state index contributed by atoms with van der Waals surface area (Å²) in [5, 5.41) is 4.07. The van der Waals surface area contributed by atoms with E-state index < -0.39 is 0 Å². The van der Waals surface area contributed by atoms with Gasteiger partial charge in [0.05, 0.1) is 17.4 Å². The third-order valence-electron chi connectivity index (χ3n) is 3.04. The molecule has 0 aliphatic heterocycles. The van der Waals surface area contributed by atoms with Gasteiger partial charge in [0.15, 0.2) is 5.78 Å². The minimum absolute atomic E-state index is 0.135. The van der Waals surface area contributed by atoms with Crippen molar-refractivity contribution in [2.75, 3.05) is 7.11 Å². The Labute approximate surface area is 96.6 Å². The second kappa shape index (κ2) is 4.78. The fraction of sp³-hybridized carbons (Fsp3) is 0.667. The molecule has 0 atom stereocenters. The molecular weight excluding hydrogens is 204 g/mol. The summed E-state index contributed by atoms with van der Waals surface area (Å²) in [5.41, 5.74) is 1.39. The van der Waals surface area contributed by atoms with Crippen LogP contribution < -0.4 is 0 Å². The Morgan fingerprint density at radius 2 is 2.19 bits per heavy atom. The maximum Gasteiger partial charge on any atom is 0.166 e. The number of hydrogen-bond acceptors (Lipinski definition) is 3. The zero-order valence-electron chi connectivity index (χ0n) is 10.7. The van der Waals surface area contributed by atoms with Gasteiger partial charge in [0.25, 0.3) is 0 Å². The molecule has 1 rings (SSSR count). The van der Waals surface area contributed by atoms with Crippen molar-refractivity contribution < 1.29 is 9.53 Å². The molecule has 0 aliphatic rings. The van der Waals surface area contributed by atoms with Gasteiger partial charge in [-0.15, -0.1) is 0 Å². The van der Waals surface area contributed by atoms with Gasteiger partial charge in [-0.2, -0.15) is 5.10 Å². The van der Waals surface area contributed by atoms with E-state index in [0.717, 1.165) is 17.7 Å². The fourth-order valence-corrected chi connectivity index (χ4v) is 1.42. The average molecular weight is 224 g/mol. The van der Waals surface area contributed by atoms with Crippen molar-refractivity contribution in [2.45, 2.75) is 39.2 Å². The van der Waals surface area contributed by atoms with Crippen molar-refractivity contribution in [3.05, 3.63) is 17.5 Å². The van der Waals surface area contributed by atoms with Gasteiger partial charge in [0.2, 0.25) is 0 Å². The van der Waals surface area contributed by atoms with Crippen LogP contribution in [0, 0.1) is 6.92 Å². The van der Waals surface area contributed by atoms with Crippen molar-refractivity contribution in [2.24, 2.45) is 7.05 Å². The van der Waals surface area contributed by atoms with Gasteiger partial charge in [0.1, 0.15) is 0 Å². The molecule has 0 bridgehead atoms. The van der Waals surface area contributed by atoms with Crippen molar-refractivity contribution in [1.82, 2.24) is 9.78 Å². The number of aryl methyl sites for hydroxylation is 1. The number of hydrogen-bond donors (Lipinski definition) is 0. The second-order valence-electron chi connectivity index (χ2n) is 4.65. The number of carbonyl (C=O) groups excluding carboxylic acids is 1. The van der Waals surface area contributed by atoms with E-state index in [9.17, 15) is 4.79 Å². The standard InChI is InChI=1S/C12H20N2O2/c1-9-10(8-13-14(9)4)11(15)6-7-12(2,3)16-5/h8H,6-7H2,1-5H3. The molecule has 0 saturated heterocycles. The minimum atomic E-state index is -0.244. The van der Waals surface area contributed by atoms with Crippen molar-refractivity contribution in [3.8, 4) is 0 Å². The third-order valence-corrected chi connectivity index (χ3v) is 3.04. The summed E-state index contributed by atoms with van der Waals surface area (Å²) in [5.74, 6) is 0.135. The normalized spacial score (nSPS) is 11.8. The van der Waals surface area contributed by atoms with Gasteiger partial charge < -0.3 is 4.74 Å². The van der Waals surface area contributed by atoms with Crippen LogP contribution in [0.3, 0.4) is 0 Å². The molecule has 0 N–H and O–H groups in total. The second-order valence-corrected chi connectivity index (χ2v) is 4.65. The highest BCUT2D eigenvalue weighted by Crippen LogP contribution is 2.18. The molecule has 0 fully saturated rings. The van der Waals surface area contributed by atoms with Crippen LogP contribution in [0.1, 0.15) is 42.7 Å². The van der Waals surface area contributed by atoms with Crippen LogP contribution in [0.5, 0.6) is 0 Å². The highest BCUT2D eigenvalue weighted by Gasteiger charge is 2.20. The van der Waals surface area contributed by atoms with Gasteiger partial charge in [-0.05, 0) is 27.2 Å². The number of rotatable bonds is 5. The van der Waals surface area contributed by atoms with Crippen LogP contribution in [-0.2, 0) is 11.8 Å². The first-order chi connectivity index (χ1) is 7.37. The summed E-state index contributed by atoms with van der Waals surface area (Å²) >= 11 is 0. The molecule has 0 aromatic carbocycles. The summed E-state index contributed by atoms with van der Waals surface area (Å²) < 4.78 is 7.00. The predicted molar refractivity (Wildman–Crippen MR) is 62.6 cm³/mol. The van der Waals surface area contributed by atoms with Crippen LogP contribution in [0.4, 0.5) is 0 Å². The first kappa shape index (κ1) is 12.9. The van der Waals surface area contributed by atoms with Crippen molar-refractivity contribution in [1.29, 1.82) is 0 Å². The highest BCUT2D eigenvalue weighted by atomic mass is 16.5. The zero-order valence-corrected chi connectivity index (χ0v) is 10.7. The number of ether oxygens (including phenoxy) is 1. The Morgan fingerprint density at radius 3 is 2.62 bits per heavy atom. The SMILES string of the molecule is COC(C)(C)CCC(=O)c1cnn(C)c1C. The number of Topliss-reactive ketones (excluding diaryl/α,β-unsaturated/α-hetero) is 1. The molecule has 0 saturated carbocycles. The summed E-state index contributed by atoms with van der Waals surface area (Å²) in [6.07, 6.45) is 2.85. The first-order valence-electron chi connectivity index (χ1n) is 5.44. The zero-order chi connectivity index (χ0) is 12.3. The van der Waals surface area contributed by atoms with Gasteiger partial charge >= 0.3 is 0 Å². The largest absolute Gasteiger partial charge is 0.379 e. The molecule has 16 heavy (non-hydrogen) atoms. The Morgan fingerprint density at radius 1 is 1.56 bits per heavy atom. The lowest BCUT2D eigenvalue weighted by Crippen LogP contribution is -2.23. The molecule has 0 radical (unpaired) electrons. The van der Waals surface area contributed by atoms with Gasteiger partial charge in [-0.25, -0.2) is 0 Å². The monoisotopic (exact) mass is 224 g/mol. The topological polar surface area (TPSA) is 44.1 Å². The van der Waals surface area contributed by atoms with E-state index in [2.05, 4.69) is 5.10 Å². The molecule has 0 spiro atoms. The number of carbonyl (C=O) groups is 1. The molecule has 1 aromatic heterocycles. The van der Waals surface area contributed by atoms with Crippen LogP contribution in [-0.4, -0.2) is 28.3 Å². The van der Waals surface area contributed by atoms with Crippen molar-refractivity contribution >= 4 is 5.78 Å². The molecule has 4 heteroatoms. The quantitative estimate of drug-likeness (QED) is 0.719. The maximum atomic E-state index is 11.9. The molecule has 0 aliphatic carbocycles. The van der Waals surface area contributed by atoms with Crippen LogP contribution in [0.15, 0.2) is 6.20 Å². The summed E-state index contributed by atoms with van der Waals surface area (Å²) in [6.45, 7) is 5.87. The third kappa shape index (κ3) is 2.92.